The van der Waals surface area contributed by atoms with Crippen molar-refractivity contribution in [2.45, 2.75) is 26.2 Å². The van der Waals surface area contributed by atoms with Gasteiger partial charge in [-0.2, -0.15) is 0 Å². The number of carbonyl (C=O) groups excluding carboxylic acids is 1. The number of urea groups is 1. The lowest BCUT2D eigenvalue weighted by Gasteiger charge is -2.19. The molecule has 2 aromatic carbocycles. The molecule has 0 aromatic heterocycles. The van der Waals surface area contributed by atoms with E-state index in [1.807, 2.05) is 12.1 Å². The molecule has 5 heteroatoms. The fraction of sp³-hybridized carbons (Fsp3) is 0.235. The van der Waals surface area contributed by atoms with Crippen molar-refractivity contribution in [1.82, 2.24) is 0 Å². The first-order valence-electron chi connectivity index (χ1n) is 6.89. The Morgan fingerprint density at radius 2 is 1.59 bits per heavy atom. The van der Waals surface area contributed by atoms with E-state index >= 15 is 0 Å². The van der Waals surface area contributed by atoms with E-state index in [-0.39, 0.29) is 11.1 Å². The van der Waals surface area contributed by atoms with Crippen LogP contribution in [-0.4, -0.2) is 6.03 Å². The van der Waals surface area contributed by atoms with E-state index in [2.05, 4.69) is 31.4 Å². The Labute approximate surface area is 128 Å². The third kappa shape index (κ3) is 4.04. The zero-order chi connectivity index (χ0) is 16.3. The zero-order valence-electron chi connectivity index (χ0n) is 12.7. The fourth-order valence-corrected chi connectivity index (χ4v) is 1.93. The minimum absolute atomic E-state index is 0.0193. The molecule has 22 heavy (non-hydrogen) atoms. The van der Waals surface area contributed by atoms with Gasteiger partial charge >= 0.3 is 6.03 Å². The van der Waals surface area contributed by atoms with Gasteiger partial charge in [-0.25, -0.2) is 13.6 Å². The van der Waals surface area contributed by atoms with Crippen LogP contribution >= 0.6 is 0 Å². The maximum atomic E-state index is 13.4. The first kappa shape index (κ1) is 15.9. The zero-order valence-corrected chi connectivity index (χ0v) is 12.7. The maximum Gasteiger partial charge on any atom is 0.323 e. The lowest BCUT2D eigenvalue weighted by Crippen LogP contribution is -2.20. The third-order valence-electron chi connectivity index (χ3n) is 3.19. The number of hydrogen-bond acceptors (Lipinski definition) is 1. The standard InChI is InChI=1S/C17H18F2N2O/c1-17(2,3)11-4-7-13(8-5-11)20-16(22)21-15-10-12(18)6-9-14(15)19/h4-10H,1-3H3,(H2,20,21,22). The van der Waals surface area contributed by atoms with Gasteiger partial charge in [0, 0.05) is 11.8 Å². The number of nitrogens with one attached hydrogen (secondary N) is 2. The lowest BCUT2D eigenvalue weighted by molar-refractivity contribution is 0.262. The van der Waals surface area contributed by atoms with E-state index < -0.39 is 17.7 Å². The molecule has 2 amide bonds. The molecular formula is C17H18F2N2O. The van der Waals surface area contributed by atoms with Gasteiger partial charge in [0.05, 0.1) is 5.69 Å². The molecule has 0 atom stereocenters. The number of benzene rings is 2. The summed E-state index contributed by atoms with van der Waals surface area (Å²) in [7, 11) is 0. The van der Waals surface area contributed by atoms with Crippen molar-refractivity contribution in [3.8, 4) is 0 Å². The Morgan fingerprint density at radius 1 is 0.955 bits per heavy atom. The van der Waals surface area contributed by atoms with Crippen LogP contribution in [0, 0.1) is 11.6 Å². The highest BCUT2D eigenvalue weighted by molar-refractivity contribution is 5.99. The van der Waals surface area contributed by atoms with E-state index in [1.54, 1.807) is 12.1 Å². The summed E-state index contributed by atoms with van der Waals surface area (Å²) >= 11 is 0. The van der Waals surface area contributed by atoms with Crippen LogP contribution in [0.3, 0.4) is 0 Å². The summed E-state index contributed by atoms with van der Waals surface area (Å²) in [4.78, 5) is 11.8. The second-order valence-corrected chi connectivity index (χ2v) is 6.03. The van der Waals surface area contributed by atoms with Gasteiger partial charge in [0.25, 0.3) is 0 Å². The largest absolute Gasteiger partial charge is 0.323 e. The second-order valence-electron chi connectivity index (χ2n) is 6.03. The smallest absolute Gasteiger partial charge is 0.308 e. The van der Waals surface area contributed by atoms with Crippen molar-refractivity contribution >= 4 is 17.4 Å². The molecule has 0 fully saturated rings. The van der Waals surface area contributed by atoms with Crippen molar-refractivity contribution in [2.75, 3.05) is 10.6 Å². The molecule has 0 spiro atoms. The van der Waals surface area contributed by atoms with Crippen molar-refractivity contribution in [1.29, 1.82) is 0 Å². The Morgan fingerprint density at radius 3 is 2.18 bits per heavy atom. The van der Waals surface area contributed by atoms with Crippen LogP contribution in [-0.2, 0) is 5.41 Å². The van der Waals surface area contributed by atoms with Gasteiger partial charge in [0.1, 0.15) is 11.6 Å². The van der Waals surface area contributed by atoms with E-state index in [0.29, 0.717) is 5.69 Å². The molecule has 0 bridgehead atoms. The molecule has 2 rings (SSSR count). The Bertz CT molecular complexity index is 676. The van der Waals surface area contributed by atoms with Crippen LogP contribution in [0.25, 0.3) is 0 Å². The quantitative estimate of drug-likeness (QED) is 0.813. The average molecular weight is 304 g/mol. The van der Waals surface area contributed by atoms with E-state index in [0.717, 1.165) is 23.8 Å². The van der Waals surface area contributed by atoms with Crippen LogP contribution in [0.4, 0.5) is 25.0 Å². The van der Waals surface area contributed by atoms with Crippen molar-refractivity contribution < 1.29 is 13.6 Å². The maximum absolute atomic E-state index is 13.4. The molecule has 0 unspecified atom stereocenters. The molecule has 2 aromatic rings. The summed E-state index contributed by atoms with van der Waals surface area (Å²) in [6, 6.07) is 9.61. The molecule has 2 N–H and O–H groups in total. The normalized spacial score (nSPS) is 11.1. The fourth-order valence-electron chi connectivity index (χ4n) is 1.93. The summed E-state index contributed by atoms with van der Waals surface area (Å²) in [5.74, 6) is -1.31. The predicted molar refractivity (Wildman–Crippen MR) is 84.1 cm³/mol. The summed E-state index contributed by atoms with van der Waals surface area (Å²) in [6.45, 7) is 6.28. The monoisotopic (exact) mass is 304 g/mol. The molecule has 0 saturated carbocycles. The van der Waals surface area contributed by atoms with Gasteiger partial charge < -0.3 is 10.6 Å². The summed E-state index contributed by atoms with van der Waals surface area (Å²) < 4.78 is 26.5. The minimum atomic E-state index is -0.695. The molecule has 116 valence electrons. The summed E-state index contributed by atoms with van der Waals surface area (Å²) in [5.41, 5.74) is 1.52. The molecule has 0 heterocycles. The van der Waals surface area contributed by atoms with Gasteiger partial charge in [-0.3, -0.25) is 0 Å². The number of hydrogen-bond donors (Lipinski definition) is 2. The van der Waals surface area contributed by atoms with Crippen LogP contribution in [0.5, 0.6) is 0 Å². The molecule has 0 radical (unpaired) electrons. The van der Waals surface area contributed by atoms with E-state index in [9.17, 15) is 13.6 Å². The van der Waals surface area contributed by atoms with Gasteiger partial charge in [0.2, 0.25) is 0 Å². The second kappa shape index (κ2) is 6.13. The van der Waals surface area contributed by atoms with Crippen LogP contribution in [0.2, 0.25) is 0 Å². The molecular weight excluding hydrogens is 286 g/mol. The number of carbonyl (C=O) groups is 1. The van der Waals surface area contributed by atoms with Gasteiger partial charge in [-0.1, -0.05) is 32.9 Å². The van der Waals surface area contributed by atoms with Gasteiger partial charge in [-0.15, -0.1) is 0 Å². The highest BCUT2D eigenvalue weighted by Crippen LogP contribution is 2.23. The Kier molecular flexibility index (Phi) is 4.45. The highest BCUT2D eigenvalue weighted by atomic mass is 19.1. The van der Waals surface area contributed by atoms with Crippen molar-refractivity contribution in [3.05, 3.63) is 59.7 Å². The van der Waals surface area contributed by atoms with Crippen molar-refractivity contribution in [2.24, 2.45) is 0 Å². The Balaban J connectivity index is 2.04. The first-order chi connectivity index (χ1) is 10.3. The lowest BCUT2D eigenvalue weighted by atomic mass is 9.87. The van der Waals surface area contributed by atoms with Gasteiger partial charge in [-0.05, 0) is 35.2 Å². The predicted octanol–water partition coefficient (Wildman–Crippen LogP) is 4.91. The number of anilines is 2. The van der Waals surface area contributed by atoms with Crippen LogP contribution in [0.15, 0.2) is 42.5 Å². The number of amides is 2. The van der Waals surface area contributed by atoms with Gasteiger partial charge in [0.15, 0.2) is 0 Å². The average Bonchev–Trinajstić information content (AvgIpc) is 2.42. The molecule has 0 aliphatic carbocycles. The minimum Gasteiger partial charge on any atom is -0.308 e. The van der Waals surface area contributed by atoms with Crippen LogP contribution < -0.4 is 10.6 Å². The molecule has 0 aliphatic rings. The first-order valence-corrected chi connectivity index (χ1v) is 6.89. The topological polar surface area (TPSA) is 41.1 Å². The number of rotatable bonds is 2. The van der Waals surface area contributed by atoms with E-state index in [1.165, 1.54) is 0 Å². The third-order valence-corrected chi connectivity index (χ3v) is 3.19. The van der Waals surface area contributed by atoms with Crippen molar-refractivity contribution in [3.63, 3.8) is 0 Å². The summed E-state index contributed by atoms with van der Waals surface area (Å²) in [5, 5.41) is 4.86. The summed E-state index contributed by atoms with van der Waals surface area (Å²) in [6.07, 6.45) is 0. The Hall–Kier alpha value is -2.43. The highest BCUT2D eigenvalue weighted by Gasteiger charge is 2.13. The molecule has 0 aliphatic heterocycles. The number of halogens is 2. The van der Waals surface area contributed by atoms with E-state index in [4.69, 9.17) is 0 Å². The SMILES string of the molecule is CC(C)(C)c1ccc(NC(=O)Nc2cc(F)ccc2F)cc1. The molecule has 3 nitrogen and oxygen atoms in total. The van der Waals surface area contributed by atoms with Crippen LogP contribution in [0.1, 0.15) is 26.3 Å². The molecule has 0 saturated heterocycles.